The maximum absolute atomic E-state index is 13.1. The molecule has 3 N–H and O–H groups in total. The smallest absolute Gasteiger partial charge is 0.261 e. The average Bonchev–Trinajstić information content (AvgIpc) is 3.22. The van der Waals surface area contributed by atoms with Crippen molar-refractivity contribution in [3.63, 3.8) is 0 Å². The van der Waals surface area contributed by atoms with E-state index >= 15 is 0 Å². The van der Waals surface area contributed by atoms with Crippen LogP contribution in [0.4, 0.5) is 0 Å². The van der Waals surface area contributed by atoms with E-state index in [0.29, 0.717) is 0 Å². The lowest BCUT2D eigenvalue weighted by atomic mass is 9.94. The van der Waals surface area contributed by atoms with Gasteiger partial charge in [0.1, 0.15) is 5.56 Å². The highest BCUT2D eigenvalue weighted by Crippen LogP contribution is 2.25. The molecule has 0 radical (unpaired) electrons. The molecule has 1 aromatic heterocycles. The average molecular weight is 380 g/mol. The summed E-state index contributed by atoms with van der Waals surface area (Å²) in [6, 6.07) is 12.4. The van der Waals surface area contributed by atoms with Gasteiger partial charge < -0.3 is 9.88 Å². The van der Waals surface area contributed by atoms with Gasteiger partial charge in [-0.25, -0.2) is 5.43 Å². The summed E-state index contributed by atoms with van der Waals surface area (Å²) >= 11 is 0. The topological polar surface area (TPSA) is 77.2 Å². The number of fused-ring (bicyclic) bond motifs is 1. The van der Waals surface area contributed by atoms with E-state index in [9.17, 15) is 9.59 Å². The highest BCUT2D eigenvalue weighted by molar-refractivity contribution is 5.94. The fourth-order valence-electron chi connectivity index (χ4n) is 4.28. The van der Waals surface area contributed by atoms with Crippen LogP contribution in [0.1, 0.15) is 59.4 Å². The number of carbonyl (C=O) groups is 1. The van der Waals surface area contributed by atoms with Crippen molar-refractivity contribution < 1.29 is 4.79 Å². The number of rotatable bonds is 4. The standard InChI is InChI=1S/C22H28N4O2/c1-14(19-13-20(25-24-19)15-8-4-3-5-9-15)26(2)22(28)17-12-16-10-6-7-11-18(16)23-21(17)27/h3-5,8-9,12,14,19-20,24-25H,6-7,10-11,13H2,1-2H3,(H,23,27). The summed E-state index contributed by atoms with van der Waals surface area (Å²) in [5.74, 6) is -0.216. The lowest BCUT2D eigenvalue weighted by Crippen LogP contribution is -2.49. The van der Waals surface area contributed by atoms with Gasteiger partial charge >= 0.3 is 0 Å². The third-order valence-electron chi connectivity index (χ3n) is 6.22. The fraction of sp³-hybridized carbons (Fsp3) is 0.455. The van der Waals surface area contributed by atoms with Gasteiger partial charge in [-0.05, 0) is 56.2 Å². The van der Waals surface area contributed by atoms with E-state index in [1.54, 1.807) is 11.9 Å². The van der Waals surface area contributed by atoms with E-state index in [-0.39, 0.29) is 35.2 Å². The highest BCUT2D eigenvalue weighted by Gasteiger charge is 2.33. The Labute approximate surface area is 165 Å². The molecular weight excluding hydrogens is 352 g/mol. The first kappa shape index (κ1) is 18.9. The minimum atomic E-state index is -0.274. The number of aromatic amines is 1. The van der Waals surface area contributed by atoms with Crippen molar-refractivity contribution in [2.75, 3.05) is 7.05 Å². The Morgan fingerprint density at radius 1 is 1.14 bits per heavy atom. The van der Waals surface area contributed by atoms with E-state index < -0.39 is 0 Å². The fourth-order valence-corrected chi connectivity index (χ4v) is 4.28. The number of hydrazine groups is 1. The molecule has 148 valence electrons. The molecule has 1 aromatic carbocycles. The van der Waals surface area contributed by atoms with Crippen LogP contribution >= 0.6 is 0 Å². The summed E-state index contributed by atoms with van der Waals surface area (Å²) in [6.07, 6.45) is 4.90. The van der Waals surface area contributed by atoms with Crippen LogP contribution in [0, 0.1) is 0 Å². The SMILES string of the molecule is CC(C1CC(c2ccccc2)NN1)N(C)C(=O)c1cc2c([nH]c1=O)CCCC2. The molecule has 1 amide bonds. The number of H-pyrrole nitrogens is 1. The van der Waals surface area contributed by atoms with Crippen LogP contribution in [0.15, 0.2) is 41.2 Å². The van der Waals surface area contributed by atoms with Gasteiger partial charge in [-0.2, -0.15) is 0 Å². The number of aromatic nitrogens is 1. The molecule has 0 spiro atoms. The van der Waals surface area contributed by atoms with E-state index in [1.807, 2.05) is 31.2 Å². The molecule has 2 aliphatic rings. The molecule has 2 heterocycles. The Morgan fingerprint density at radius 3 is 2.68 bits per heavy atom. The molecule has 4 rings (SSSR count). The highest BCUT2D eigenvalue weighted by atomic mass is 16.2. The maximum atomic E-state index is 13.1. The van der Waals surface area contributed by atoms with E-state index in [2.05, 4.69) is 28.0 Å². The van der Waals surface area contributed by atoms with Gasteiger partial charge in [0, 0.05) is 30.9 Å². The zero-order valence-corrected chi connectivity index (χ0v) is 16.5. The first-order chi connectivity index (χ1) is 13.5. The molecular formula is C22H28N4O2. The number of aryl methyl sites for hydroxylation is 2. The normalized spacial score (nSPS) is 22.5. The van der Waals surface area contributed by atoms with E-state index in [0.717, 1.165) is 43.4 Å². The Morgan fingerprint density at radius 2 is 1.89 bits per heavy atom. The zero-order chi connectivity index (χ0) is 19.7. The van der Waals surface area contributed by atoms with Crippen molar-refractivity contribution in [1.82, 2.24) is 20.7 Å². The summed E-state index contributed by atoms with van der Waals surface area (Å²) in [5.41, 5.74) is 9.97. The van der Waals surface area contributed by atoms with Crippen LogP contribution in [-0.4, -0.2) is 34.9 Å². The van der Waals surface area contributed by atoms with Crippen molar-refractivity contribution in [1.29, 1.82) is 0 Å². The maximum Gasteiger partial charge on any atom is 0.261 e. The zero-order valence-electron chi connectivity index (χ0n) is 16.5. The van der Waals surface area contributed by atoms with E-state index in [1.165, 1.54) is 5.56 Å². The summed E-state index contributed by atoms with van der Waals surface area (Å²) in [5, 5.41) is 0. The van der Waals surface area contributed by atoms with Gasteiger partial charge in [-0.3, -0.25) is 15.0 Å². The van der Waals surface area contributed by atoms with Gasteiger partial charge in [-0.1, -0.05) is 30.3 Å². The van der Waals surface area contributed by atoms with Gasteiger partial charge in [0.05, 0.1) is 0 Å². The third-order valence-corrected chi connectivity index (χ3v) is 6.22. The molecule has 3 atom stereocenters. The van der Waals surface area contributed by atoms with Crippen LogP contribution in [-0.2, 0) is 12.8 Å². The quantitative estimate of drug-likeness (QED) is 0.761. The Bertz CT molecular complexity index is 908. The summed E-state index contributed by atoms with van der Waals surface area (Å²) in [7, 11) is 1.78. The molecule has 1 aliphatic heterocycles. The predicted molar refractivity (Wildman–Crippen MR) is 109 cm³/mol. The van der Waals surface area contributed by atoms with Gasteiger partial charge in [0.25, 0.3) is 11.5 Å². The first-order valence-electron chi connectivity index (χ1n) is 10.1. The summed E-state index contributed by atoms with van der Waals surface area (Å²) in [4.78, 5) is 30.2. The van der Waals surface area contributed by atoms with Crippen molar-refractivity contribution in [3.8, 4) is 0 Å². The predicted octanol–water partition coefficient (Wildman–Crippen LogP) is 2.32. The second-order valence-corrected chi connectivity index (χ2v) is 7.97. The minimum Gasteiger partial charge on any atom is -0.337 e. The number of carbonyl (C=O) groups excluding carboxylic acids is 1. The molecule has 2 aromatic rings. The third kappa shape index (κ3) is 3.62. The number of hydrogen-bond donors (Lipinski definition) is 3. The van der Waals surface area contributed by atoms with Crippen molar-refractivity contribution >= 4 is 5.91 Å². The molecule has 1 aliphatic carbocycles. The number of hydrogen-bond acceptors (Lipinski definition) is 4. The largest absolute Gasteiger partial charge is 0.337 e. The van der Waals surface area contributed by atoms with Crippen LogP contribution < -0.4 is 16.4 Å². The molecule has 0 saturated carbocycles. The number of benzene rings is 1. The van der Waals surface area contributed by atoms with Crippen LogP contribution in [0.3, 0.4) is 0 Å². The minimum absolute atomic E-state index is 0.0517. The van der Waals surface area contributed by atoms with E-state index in [4.69, 9.17) is 0 Å². The molecule has 6 heteroatoms. The molecule has 3 unspecified atom stereocenters. The van der Waals surface area contributed by atoms with Gasteiger partial charge in [0.2, 0.25) is 0 Å². The van der Waals surface area contributed by atoms with Crippen LogP contribution in [0.2, 0.25) is 0 Å². The summed E-state index contributed by atoms with van der Waals surface area (Å²) in [6.45, 7) is 2.03. The monoisotopic (exact) mass is 380 g/mol. The Balaban J connectivity index is 1.48. The number of nitrogens with one attached hydrogen (secondary N) is 3. The second kappa shape index (κ2) is 7.89. The van der Waals surface area contributed by atoms with Gasteiger partial charge in [0.15, 0.2) is 0 Å². The molecule has 1 saturated heterocycles. The van der Waals surface area contributed by atoms with Gasteiger partial charge in [-0.15, -0.1) is 0 Å². The molecule has 28 heavy (non-hydrogen) atoms. The van der Waals surface area contributed by atoms with Crippen molar-refractivity contribution in [2.24, 2.45) is 0 Å². The second-order valence-electron chi connectivity index (χ2n) is 7.97. The van der Waals surface area contributed by atoms with Crippen LogP contribution in [0.25, 0.3) is 0 Å². The number of nitrogens with zero attached hydrogens (tertiary/aromatic N) is 1. The summed E-state index contributed by atoms with van der Waals surface area (Å²) < 4.78 is 0. The van der Waals surface area contributed by atoms with Crippen LogP contribution in [0.5, 0.6) is 0 Å². The number of pyridine rings is 1. The lowest BCUT2D eigenvalue weighted by molar-refractivity contribution is 0.0713. The Kier molecular flexibility index (Phi) is 5.33. The lowest BCUT2D eigenvalue weighted by Gasteiger charge is -2.29. The first-order valence-corrected chi connectivity index (χ1v) is 10.1. The molecule has 1 fully saturated rings. The van der Waals surface area contributed by atoms with Crippen molar-refractivity contribution in [3.05, 3.63) is 69.1 Å². The molecule has 6 nitrogen and oxygen atoms in total. The Hall–Kier alpha value is -2.44. The molecule has 0 bridgehead atoms. The van der Waals surface area contributed by atoms with Crippen molar-refractivity contribution in [2.45, 2.75) is 57.2 Å². The number of likely N-dealkylation sites (N-methyl/N-ethyl adjacent to an activating group) is 1. The number of amides is 1.